The molecule has 0 aromatic heterocycles. The number of amides is 1. The van der Waals surface area contributed by atoms with Crippen LogP contribution < -0.4 is 5.32 Å². The molecule has 1 aliphatic heterocycles. The molecular weight excluding hydrogens is 262 g/mol. The first-order valence-electron chi connectivity index (χ1n) is 6.87. The standard InChI is InChI=1S/C15H18ClNO2/c16-13-6-2-1-5-12(13)15(7-8-15)14(18)17-10-11-4-3-9-19-11/h1-2,5-6,11H,3-4,7-10H2,(H,17,18). The first-order valence-corrected chi connectivity index (χ1v) is 7.25. The summed E-state index contributed by atoms with van der Waals surface area (Å²) in [7, 11) is 0. The second-order valence-electron chi connectivity index (χ2n) is 5.41. The Balaban J connectivity index is 1.67. The van der Waals surface area contributed by atoms with E-state index in [1.165, 1.54) is 0 Å². The van der Waals surface area contributed by atoms with E-state index in [0.29, 0.717) is 11.6 Å². The van der Waals surface area contributed by atoms with E-state index in [2.05, 4.69) is 5.32 Å². The number of halogens is 1. The molecule has 1 saturated carbocycles. The number of benzene rings is 1. The summed E-state index contributed by atoms with van der Waals surface area (Å²) in [5.74, 6) is 0.0936. The summed E-state index contributed by atoms with van der Waals surface area (Å²) in [6.45, 7) is 1.43. The molecule has 1 N–H and O–H groups in total. The smallest absolute Gasteiger partial charge is 0.230 e. The topological polar surface area (TPSA) is 38.3 Å². The Labute approximate surface area is 118 Å². The van der Waals surface area contributed by atoms with Crippen molar-refractivity contribution in [2.75, 3.05) is 13.2 Å². The quantitative estimate of drug-likeness (QED) is 0.920. The monoisotopic (exact) mass is 279 g/mol. The Kier molecular flexibility index (Phi) is 3.50. The second-order valence-corrected chi connectivity index (χ2v) is 5.81. The van der Waals surface area contributed by atoms with E-state index in [1.54, 1.807) is 0 Å². The fourth-order valence-electron chi connectivity index (χ4n) is 2.77. The normalized spacial score (nSPS) is 24.2. The van der Waals surface area contributed by atoms with Crippen LogP contribution in [0.2, 0.25) is 5.02 Å². The highest BCUT2D eigenvalue weighted by Gasteiger charge is 2.52. The number of carbonyl (C=O) groups is 1. The van der Waals surface area contributed by atoms with Gasteiger partial charge in [-0.15, -0.1) is 0 Å². The third-order valence-electron chi connectivity index (χ3n) is 4.09. The minimum Gasteiger partial charge on any atom is -0.376 e. The zero-order valence-electron chi connectivity index (χ0n) is 10.8. The molecule has 1 amide bonds. The average molecular weight is 280 g/mol. The number of rotatable bonds is 4. The third-order valence-corrected chi connectivity index (χ3v) is 4.42. The molecule has 3 rings (SSSR count). The molecule has 1 heterocycles. The predicted octanol–water partition coefficient (Wildman–Crippen LogP) is 2.67. The number of hydrogen-bond donors (Lipinski definition) is 1. The molecule has 0 bridgehead atoms. The van der Waals surface area contributed by atoms with Gasteiger partial charge >= 0.3 is 0 Å². The Morgan fingerprint density at radius 3 is 2.84 bits per heavy atom. The molecule has 1 aliphatic carbocycles. The van der Waals surface area contributed by atoms with E-state index in [1.807, 2.05) is 24.3 Å². The molecule has 2 fully saturated rings. The first-order chi connectivity index (χ1) is 9.22. The molecule has 3 nitrogen and oxygen atoms in total. The van der Waals surface area contributed by atoms with Gasteiger partial charge in [-0.05, 0) is 37.3 Å². The van der Waals surface area contributed by atoms with Gasteiger partial charge in [-0.1, -0.05) is 29.8 Å². The van der Waals surface area contributed by atoms with Gasteiger partial charge in [0.2, 0.25) is 5.91 Å². The van der Waals surface area contributed by atoms with Crippen molar-refractivity contribution in [2.24, 2.45) is 0 Å². The lowest BCUT2D eigenvalue weighted by atomic mass is 9.95. The van der Waals surface area contributed by atoms with Gasteiger partial charge in [-0.3, -0.25) is 4.79 Å². The van der Waals surface area contributed by atoms with Gasteiger partial charge in [0.1, 0.15) is 0 Å². The summed E-state index contributed by atoms with van der Waals surface area (Å²) in [6.07, 6.45) is 4.09. The maximum atomic E-state index is 12.4. The molecule has 1 aromatic rings. The molecule has 0 radical (unpaired) electrons. The number of ether oxygens (including phenoxy) is 1. The van der Waals surface area contributed by atoms with Crippen molar-refractivity contribution in [3.63, 3.8) is 0 Å². The summed E-state index contributed by atoms with van der Waals surface area (Å²) in [6, 6.07) is 7.64. The average Bonchev–Trinajstić information content (AvgIpc) is 3.06. The lowest BCUT2D eigenvalue weighted by molar-refractivity contribution is -0.124. The maximum absolute atomic E-state index is 12.4. The molecular formula is C15H18ClNO2. The van der Waals surface area contributed by atoms with Crippen LogP contribution >= 0.6 is 11.6 Å². The summed E-state index contributed by atoms with van der Waals surface area (Å²) < 4.78 is 5.53. The SMILES string of the molecule is O=C(NCC1CCCO1)C1(c2ccccc2Cl)CC1. The summed E-state index contributed by atoms with van der Waals surface area (Å²) >= 11 is 6.22. The van der Waals surface area contributed by atoms with Crippen LogP contribution in [0.3, 0.4) is 0 Å². The molecule has 4 heteroatoms. The Morgan fingerprint density at radius 1 is 1.42 bits per heavy atom. The van der Waals surface area contributed by atoms with Crippen molar-refractivity contribution in [1.82, 2.24) is 5.32 Å². The molecule has 102 valence electrons. The largest absolute Gasteiger partial charge is 0.376 e. The van der Waals surface area contributed by atoms with Gasteiger partial charge in [0.05, 0.1) is 11.5 Å². The number of nitrogens with one attached hydrogen (secondary N) is 1. The van der Waals surface area contributed by atoms with Crippen LogP contribution in [-0.2, 0) is 14.9 Å². The van der Waals surface area contributed by atoms with E-state index in [0.717, 1.165) is 37.9 Å². The Hall–Kier alpha value is -1.06. The highest BCUT2D eigenvalue weighted by molar-refractivity contribution is 6.31. The van der Waals surface area contributed by atoms with Crippen molar-refractivity contribution in [3.8, 4) is 0 Å². The molecule has 19 heavy (non-hydrogen) atoms. The third kappa shape index (κ3) is 2.49. The van der Waals surface area contributed by atoms with E-state index in [9.17, 15) is 4.79 Å². The van der Waals surface area contributed by atoms with Crippen molar-refractivity contribution < 1.29 is 9.53 Å². The van der Waals surface area contributed by atoms with Gasteiger partial charge in [-0.25, -0.2) is 0 Å². The van der Waals surface area contributed by atoms with Gasteiger partial charge in [0.25, 0.3) is 0 Å². The molecule has 1 aromatic carbocycles. The van der Waals surface area contributed by atoms with Crippen LogP contribution in [0.15, 0.2) is 24.3 Å². The van der Waals surface area contributed by atoms with Crippen molar-refractivity contribution in [2.45, 2.75) is 37.2 Å². The number of hydrogen-bond acceptors (Lipinski definition) is 2. The Morgan fingerprint density at radius 2 is 2.21 bits per heavy atom. The van der Waals surface area contributed by atoms with Gasteiger partial charge in [0.15, 0.2) is 0 Å². The van der Waals surface area contributed by atoms with Crippen LogP contribution in [0.4, 0.5) is 0 Å². The van der Waals surface area contributed by atoms with E-state index < -0.39 is 5.41 Å². The van der Waals surface area contributed by atoms with Crippen LogP contribution in [0.5, 0.6) is 0 Å². The minimum atomic E-state index is -0.392. The zero-order chi connectivity index (χ0) is 13.3. The summed E-state index contributed by atoms with van der Waals surface area (Å²) in [5.41, 5.74) is 0.568. The molecule has 2 aliphatic rings. The predicted molar refractivity (Wildman–Crippen MR) is 74.3 cm³/mol. The van der Waals surface area contributed by atoms with Gasteiger partial charge < -0.3 is 10.1 Å². The van der Waals surface area contributed by atoms with Crippen LogP contribution in [0.1, 0.15) is 31.2 Å². The van der Waals surface area contributed by atoms with E-state index >= 15 is 0 Å². The van der Waals surface area contributed by atoms with Gasteiger partial charge in [0, 0.05) is 18.2 Å². The zero-order valence-corrected chi connectivity index (χ0v) is 11.6. The highest BCUT2D eigenvalue weighted by atomic mass is 35.5. The van der Waals surface area contributed by atoms with Crippen LogP contribution in [0.25, 0.3) is 0 Å². The highest BCUT2D eigenvalue weighted by Crippen LogP contribution is 2.50. The van der Waals surface area contributed by atoms with Gasteiger partial charge in [-0.2, -0.15) is 0 Å². The summed E-state index contributed by atoms with van der Waals surface area (Å²) in [5, 5.41) is 3.72. The maximum Gasteiger partial charge on any atom is 0.230 e. The van der Waals surface area contributed by atoms with E-state index in [4.69, 9.17) is 16.3 Å². The minimum absolute atomic E-state index is 0.0936. The van der Waals surface area contributed by atoms with E-state index in [-0.39, 0.29) is 12.0 Å². The summed E-state index contributed by atoms with van der Waals surface area (Å²) in [4.78, 5) is 12.4. The van der Waals surface area contributed by atoms with Crippen molar-refractivity contribution >= 4 is 17.5 Å². The molecule has 1 unspecified atom stereocenters. The molecule has 1 atom stereocenters. The number of carbonyl (C=O) groups excluding carboxylic acids is 1. The Bertz CT molecular complexity index is 479. The molecule has 1 saturated heterocycles. The fraction of sp³-hybridized carbons (Fsp3) is 0.533. The lowest BCUT2D eigenvalue weighted by Crippen LogP contribution is -2.39. The van der Waals surface area contributed by atoms with Crippen molar-refractivity contribution in [1.29, 1.82) is 0 Å². The lowest BCUT2D eigenvalue weighted by Gasteiger charge is -2.18. The van der Waals surface area contributed by atoms with Crippen LogP contribution in [-0.4, -0.2) is 25.2 Å². The first kappa shape index (κ1) is 12.9. The van der Waals surface area contributed by atoms with Crippen molar-refractivity contribution in [3.05, 3.63) is 34.9 Å². The fourth-order valence-corrected chi connectivity index (χ4v) is 3.09. The van der Waals surface area contributed by atoms with Crippen LogP contribution in [0, 0.1) is 0 Å². The molecule has 0 spiro atoms. The second kappa shape index (κ2) is 5.14.